The Bertz CT molecular complexity index is 556. The highest BCUT2D eigenvalue weighted by Crippen LogP contribution is 2.44. The van der Waals surface area contributed by atoms with Gasteiger partial charge < -0.3 is 4.90 Å². The average molecular weight is 350 g/mol. The molecule has 2 aliphatic heterocycles. The minimum Gasteiger partial charge on any atom is -0.317 e. The topological polar surface area (TPSA) is 15.6 Å². The van der Waals surface area contributed by atoms with Crippen molar-refractivity contribution in [2.75, 3.05) is 5.88 Å². The number of alkyl halides is 1. The second kappa shape index (κ2) is 4.50. The van der Waals surface area contributed by atoms with E-state index in [1.807, 2.05) is 18.2 Å². The van der Waals surface area contributed by atoms with E-state index in [9.17, 15) is 0 Å². The summed E-state index contributed by atoms with van der Waals surface area (Å²) in [4.78, 5) is 6.74. The lowest BCUT2D eigenvalue weighted by Crippen LogP contribution is -2.27. The number of benzene rings is 1. The van der Waals surface area contributed by atoms with Gasteiger partial charge in [-0.2, -0.15) is 0 Å². The highest BCUT2D eigenvalue weighted by atomic mass is 79.9. The third-order valence-corrected chi connectivity index (χ3v) is 5.02. The van der Waals surface area contributed by atoms with E-state index in [2.05, 4.69) is 25.8 Å². The molecule has 17 heavy (non-hydrogen) atoms. The second-order valence-corrected chi connectivity index (χ2v) is 6.71. The first kappa shape index (κ1) is 11.9. The van der Waals surface area contributed by atoms with Gasteiger partial charge in [0.15, 0.2) is 5.17 Å². The van der Waals surface area contributed by atoms with Crippen LogP contribution in [0.15, 0.2) is 32.7 Å². The molecule has 0 N–H and O–H groups in total. The van der Waals surface area contributed by atoms with Crippen LogP contribution in [0.3, 0.4) is 0 Å². The Morgan fingerprint density at radius 1 is 1.47 bits per heavy atom. The summed E-state index contributed by atoms with van der Waals surface area (Å²) < 4.78 is 1.05. The molecule has 0 fully saturated rings. The van der Waals surface area contributed by atoms with Crippen LogP contribution < -0.4 is 0 Å². The number of thioether (sulfide) groups is 1. The Kier molecular flexibility index (Phi) is 3.15. The van der Waals surface area contributed by atoms with E-state index in [-0.39, 0.29) is 0 Å². The predicted molar refractivity (Wildman–Crippen MR) is 78.4 cm³/mol. The smallest absolute Gasteiger partial charge is 0.174 e. The summed E-state index contributed by atoms with van der Waals surface area (Å²) in [7, 11) is 0. The zero-order chi connectivity index (χ0) is 12.0. The molecule has 2 heterocycles. The fourth-order valence-electron chi connectivity index (χ4n) is 1.85. The zero-order valence-corrected chi connectivity index (χ0v) is 12.5. The van der Waals surface area contributed by atoms with Crippen LogP contribution in [0.1, 0.15) is 5.56 Å². The normalized spacial score (nSPS) is 18.1. The maximum atomic E-state index is 6.00. The van der Waals surface area contributed by atoms with E-state index < -0.39 is 0 Å². The summed E-state index contributed by atoms with van der Waals surface area (Å²) in [5, 5.41) is 1.71. The van der Waals surface area contributed by atoms with E-state index >= 15 is 0 Å². The minimum atomic E-state index is 0.475. The van der Waals surface area contributed by atoms with Crippen molar-refractivity contribution in [1.82, 2.24) is 4.90 Å². The monoisotopic (exact) mass is 348 g/mol. The van der Waals surface area contributed by atoms with E-state index in [0.29, 0.717) is 5.88 Å². The molecule has 2 aliphatic rings. The van der Waals surface area contributed by atoms with Gasteiger partial charge in [0.25, 0.3) is 0 Å². The van der Waals surface area contributed by atoms with Crippen LogP contribution in [0.4, 0.5) is 5.69 Å². The van der Waals surface area contributed by atoms with Crippen LogP contribution in [0.5, 0.6) is 0 Å². The van der Waals surface area contributed by atoms with Gasteiger partial charge in [-0.05, 0) is 51.5 Å². The molecular formula is C11H7BrCl2N2S. The summed E-state index contributed by atoms with van der Waals surface area (Å²) in [6, 6.07) is 5.78. The number of aliphatic imine (C=N–C) groups is 1. The van der Waals surface area contributed by atoms with Crippen LogP contribution in [-0.4, -0.2) is 15.9 Å². The Labute approximate surface area is 122 Å². The molecule has 0 amide bonds. The van der Waals surface area contributed by atoms with E-state index in [1.54, 1.807) is 11.8 Å². The van der Waals surface area contributed by atoms with Crippen molar-refractivity contribution in [2.24, 2.45) is 4.99 Å². The third kappa shape index (κ3) is 2.01. The van der Waals surface area contributed by atoms with Crippen LogP contribution in [0, 0.1) is 0 Å². The number of nitrogens with zero attached hydrogens (tertiary/aromatic N) is 2. The Morgan fingerprint density at radius 3 is 3.06 bits per heavy atom. The lowest BCUT2D eigenvalue weighted by atomic mass is 10.1. The fourth-order valence-corrected chi connectivity index (χ4v) is 4.24. The summed E-state index contributed by atoms with van der Waals surface area (Å²) in [6.07, 6.45) is 0. The molecule has 88 valence electrons. The largest absolute Gasteiger partial charge is 0.317 e. The van der Waals surface area contributed by atoms with Gasteiger partial charge in [-0.15, -0.1) is 11.6 Å². The highest BCUT2D eigenvalue weighted by molar-refractivity contribution is 9.14. The predicted octanol–water partition coefficient (Wildman–Crippen LogP) is 4.69. The van der Waals surface area contributed by atoms with Crippen LogP contribution in [-0.2, 0) is 6.54 Å². The number of fused-ring (bicyclic) bond motifs is 2. The second-order valence-electron chi connectivity index (χ2n) is 3.71. The minimum absolute atomic E-state index is 0.475. The lowest BCUT2D eigenvalue weighted by molar-refractivity contribution is 0.518. The van der Waals surface area contributed by atoms with E-state index in [1.165, 1.54) is 0 Å². The number of hydrogen-bond donors (Lipinski definition) is 0. The zero-order valence-electron chi connectivity index (χ0n) is 8.58. The molecule has 2 nitrogen and oxygen atoms in total. The lowest BCUT2D eigenvalue weighted by Gasteiger charge is -2.26. The molecule has 0 atom stereocenters. The third-order valence-electron chi connectivity index (χ3n) is 2.68. The van der Waals surface area contributed by atoms with Crippen LogP contribution >= 0.6 is 50.9 Å². The van der Waals surface area contributed by atoms with Gasteiger partial charge >= 0.3 is 0 Å². The first-order chi connectivity index (χ1) is 8.19. The maximum Gasteiger partial charge on any atom is 0.174 e. The first-order valence-electron chi connectivity index (χ1n) is 4.96. The van der Waals surface area contributed by atoms with E-state index in [0.717, 1.165) is 37.5 Å². The van der Waals surface area contributed by atoms with Gasteiger partial charge in [-0.3, -0.25) is 0 Å². The first-order valence-corrected chi connectivity index (χ1v) is 7.48. The SMILES string of the molecule is ClCC1=C(Br)SC2=Nc3ccc(Cl)cc3CN21. The van der Waals surface area contributed by atoms with Gasteiger partial charge in [-0.25, -0.2) is 4.99 Å². The molecule has 6 heteroatoms. The fraction of sp³-hybridized carbons (Fsp3) is 0.182. The Balaban J connectivity index is 2.05. The van der Waals surface area contributed by atoms with Crippen molar-refractivity contribution in [1.29, 1.82) is 0 Å². The number of amidine groups is 1. The summed E-state index contributed by atoms with van der Waals surface area (Å²) in [5.74, 6) is 0.475. The molecule has 0 radical (unpaired) electrons. The average Bonchev–Trinajstić information content (AvgIpc) is 2.60. The van der Waals surface area contributed by atoms with Gasteiger partial charge in [0, 0.05) is 5.02 Å². The van der Waals surface area contributed by atoms with Crippen molar-refractivity contribution in [2.45, 2.75) is 6.54 Å². The number of halogens is 3. The molecule has 0 spiro atoms. The van der Waals surface area contributed by atoms with Gasteiger partial charge in [0.1, 0.15) is 0 Å². The van der Waals surface area contributed by atoms with Crippen molar-refractivity contribution >= 4 is 61.7 Å². The summed E-state index contributed by atoms with van der Waals surface area (Å²) in [5.41, 5.74) is 3.19. The molecule has 0 aliphatic carbocycles. The van der Waals surface area contributed by atoms with Crippen LogP contribution in [0.25, 0.3) is 0 Å². The molecule has 0 unspecified atom stereocenters. The Hall–Kier alpha value is -0.160. The van der Waals surface area contributed by atoms with Gasteiger partial charge in [-0.1, -0.05) is 11.6 Å². The molecule has 0 aromatic heterocycles. The van der Waals surface area contributed by atoms with E-state index in [4.69, 9.17) is 23.2 Å². The quantitative estimate of drug-likeness (QED) is 0.683. The highest BCUT2D eigenvalue weighted by Gasteiger charge is 2.31. The number of hydrogen-bond acceptors (Lipinski definition) is 3. The Morgan fingerprint density at radius 2 is 2.29 bits per heavy atom. The van der Waals surface area contributed by atoms with Gasteiger partial charge in [0.05, 0.1) is 27.6 Å². The van der Waals surface area contributed by atoms with Crippen molar-refractivity contribution in [3.05, 3.63) is 38.3 Å². The maximum absolute atomic E-state index is 6.00. The van der Waals surface area contributed by atoms with Crippen molar-refractivity contribution in [3.8, 4) is 0 Å². The summed E-state index contributed by atoms with van der Waals surface area (Å²) in [6.45, 7) is 0.777. The molecule has 0 saturated carbocycles. The standard InChI is InChI=1S/C11H7BrCl2N2S/c12-10-9(4-13)16-5-6-3-7(14)1-2-8(6)15-11(16)17-10/h1-3H,4-5H2. The van der Waals surface area contributed by atoms with Crippen molar-refractivity contribution < 1.29 is 0 Å². The number of rotatable bonds is 1. The van der Waals surface area contributed by atoms with Gasteiger partial charge in [0.2, 0.25) is 0 Å². The molecular weight excluding hydrogens is 343 g/mol. The molecule has 0 saturated heterocycles. The summed E-state index contributed by atoms with van der Waals surface area (Å²) >= 11 is 17.1. The molecule has 0 bridgehead atoms. The molecule has 1 aromatic rings. The van der Waals surface area contributed by atoms with Crippen LogP contribution in [0.2, 0.25) is 5.02 Å². The van der Waals surface area contributed by atoms with Crippen molar-refractivity contribution in [3.63, 3.8) is 0 Å². The molecule has 3 rings (SSSR count). The number of allylic oxidation sites excluding steroid dienone is 1. The molecule has 1 aromatic carbocycles.